The minimum Gasteiger partial charge on any atom is -0.503 e. The minimum absolute atomic E-state index is 0.138. The van der Waals surface area contributed by atoms with Crippen LogP contribution in [0.3, 0.4) is 0 Å². The zero-order valence-corrected chi connectivity index (χ0v) is 17.9. The highest BCUT2D eigenvalue weighted by Crippen LogP contribution is 2.33. The molecule has 1 aromatic rings. The van der Waals surface area contributed by atoms with Gasteiger partial charge in [0.05, 0.1) is 28.6 Å². The van der Waals surface area contributed by atoms with Crippen LogP contribution in [0.25, 0.3) is 0 Å². The molecule has 0 aromatic heterocycles. The van der Waals surface area contributed by atoms with E-state index in [1.54, 1.807) is 13.8 Å². The highest BCUT2D eigenvalue weighted by Gasteiger charge is 2.46. The van der Waals surface area contributed by atoms with Gasteiger partial charge in [-0.2, -0.15) is 13.2 Å². The number of rotatable bonds is 7. The Morgan fingerprint density at radius 2 is 1.87 bits per heavy atom. The summed E-state index contributed by atoms with van der Waals surface area (Å²) in [6, 6.07) is 1.56. The summed E-state index contributed by atoms with van der Waals surface area (Å²) in [7, 11) is 0. The van der Waals surface area contributed by atoms with Crippen molar-refractivity contribution in [3.63, 3.8) is 0 Å². The molecule has 7 nitrogen and oxygen atoms in total. The molecule has 0 saturated heterocycles. The van der Waals surface area contributed by atoms with Crippen molar-refractivity contribution in [2.75, 3.05) is 11.4 Å². The van der Waals surface area contributed by atoms with Crippen LogP contribution in [0.4, 0.5) is 18.9 Å². The maximum atomic E-state index is 13.2. The number of carboxylic acid groups (broad SMARTS) is 1. The van der Waals surface area contributed by atoms with E-state index in [1.807, 2.05) is 0 Å². The van der Waals surface area contributed by atoms with Crippen LogP contribution in [0.5, 0.6) is 0 Å². The molecule has 0 radical (unpaired) electrons. The number of hydrogen-bond acceptors (Lipinski definition) is 4. The number of halogens is 5. The first-order valence-corrected chi connectivity index (χ1v) is 9.85. The van der Waals surface area contributed by atoms with Crippen LogP contribution in [0.15, 0.2) is 29.5 Å². The summed E-state index contributed by atoms with van der Waals surface area (Å²) in [5, 5.41) is 19.7. The first-order chi connectivity index (χ1) is 14.3. The van der Waals surface area contributed by atoms with Crippen molar-refractivity contribution in [2.24, 2.45) is 0 Å². The number of aliphatic carboxylic acids is 1. The minimum atomic E-state index is -4.88. The van der Waals surface area contributed by atoms with E-state index in [9.17, 15) is 37.8 Å². The van der Waals surface area contributed by atoms with Crippen LogP contribution in [-0.2, 0) is 14.4 Å². The molecular weight excluding hydrogens is 464 g/mol. The Labute approximate surface area is 185 Å². The molecule has 2 N–H and O–H groups in total. The monoisotopic (exact) mass is 482 g/mol. The summed E-state index contributed by atoms with van der Waals surface area (Å²) in [5.74, 6) is -5.22. The predicted octanol–water partition coefficient (Wildman–Crippen LogP) is 4.18. The molecule has 0 bridgehead atoms. The lowest BCUT2D eigenvalue weighted by Crippen LogP contribution is -2.46. The number of hydrogen-bond donors (Lipinski definition) is 2. The van der Waals surface area contributed by atoms with Crippen LogP contribution >= 0.6 is 23.2 Å². The third kappa shape index (κ3) is 5.43. The van der Waals surface area contributed by atoms with Gasteiger partial charge in [0.2, 0.25) is 0 Å². The summed E-state index contributed by atoms with van der Waals surface area (Å²) in [6.07, 6.45) is -6.26. The third-order valence-electron chi connectivity index (χ3n) is 4.85. The summed E-state index contributed by atoms with van der Waals surface area (Å²) >= 11 is 11.9. The topological polar surface area (TPSA) is 98.2 Å². The van der Waals surface area contributed by atoms with Gasteiger partial charge in [0.15, 0.2) is 5.76 Å². The molecule has 2 rings (SSSR count). The van der Waals surface area contributed by atoms with E-state index >= 15 is 0 Å². The van der Waals surface area contributed by atoms with E-state index in [-0.39, 0.29) is 15.7 Å². The average molecular weight is 483 g/mol. The molecule has 0 spiro atoms. The standard InChI is InChI=1S/C19H19Cl2F3N2O5/c1-3-9(2)26(10-4-5-12(20)13(21)6-10)16(28)11-8-25(17(29)15(11)27)14(18(30)31)7-19(22,23)24/h4-6,9,14,27H,3,7-8H2,1-2H3,(H,30,31). The Bertz CT molecular complexity index is 936. The number of alkyl halides is 3. The van der Waals surface area contributed by atoms with Crippen LogP contribution in [-0.4, -0.2) is 57.7 Å². The summed E-state index contributed by atoms with van der Waals surface area (Å²) in [5.41, 5.74) is -0.227. The molecule has 1 aliphatic heterocycles. The van der Waals surface area contributed by atoms with Crippen LogP contribution in [0, 0.1) is 0 Å². The van der Waals surface area contributed by atoms with E-state index in [2.05, 4.69) is 0 Å². The molecule has 0 aliphatic carbocycles. The molecule has 2 amide bonds. The number of amides is 2. The quantitative estimate of drug-likeness (QED) is 0.607. The maximum absolute atomic E-state index is 13.2. The summed E-state index contributed by atoms with van der Waals surface area (Å²) < 4.78 is 38.4. The average Bonchev–Trinajstić information content (AvgIpc) is 2.96. The second-order valence-corrected chi connectivity index (χ2v) is 7.78. The second kappa shape index (κ2) is 9.35. The molecule has 1 aromatic carbocycles. The smallest absolute Gasteiger partial charge is 0.391 e. The number of carbonyl (C=O) groups excluding carboxylic acids is 2. The summed E-state index contributed by atoms with van der Waals surface area (Å²) in [6.45, 7) is 2.66. The predicted molar refractivity (Wildman–Crippen MR) is 107 cm³/mol. The fourth-order valence-corrected chi connectivity index (χ4v) is 3.38. The van der Waals surface area contributed by atoms with Gasteiger partial charge in [-0.1, -0.05) is 30.1 Å². The Hall–Kier alpha value is -2.46. The van der Waals surface area contributed by atoms with Gasteiger partial charge < -0.3 is 20.0 Å². The molecule has 31 heavy (non-hydrogen) atoms. The van der Waals surface area contributed by atoms with Gasteiger partial charge in [-0.15, -0.1) is 0 Å². The maximum Gasteiger partial charge on any atom is 0.391 e. The molecule has 2 atom stereocenters. The van der Waals surface area contributed by atoms with E-state index in [4.69, 9.17) is 23.2 Å². The fourth-order valence-electron chi connectivity index (χ4n) is 3.09. The number of benzene rings is 1. The van der Waals surface area contributed by atoms with Crippen molar-refractivity contribution < 1.29 is 37.8 Å². The van der Waals surface area contributed by atoms with Gasteiger partial charge in [0.25, 0.3) is 11.8 Å². The van der Waals surface area contributed by atoms with Crippen molar-refractivity contribution in [3.05, 3.63) is 39.6 Å². The van der Waals surface area contributed by atoms with Gasteiger partial charge in [0, 0.05) is 11.7 Å². The number of anilines is 1. The fraction of sp³-hybridized carbons (Fsp3) is 0.421. The highest BCUT2D eigenvalue weighted by atomic mass is 35.5. The van der Waals surface area contributed by atoms with E-state index in [1.165, 1.54) is 23.1 Å². The number of carbonyl (C=O) groups is 3. The molecule has 12 heteroatoms. The van der Waals surface area contributed by atoms with Crippen LogP contribution in [0.1, 0.15) is 26.7 Å². The largest absolute Gasteiger partial charge is 0.503 e. The first kappa shape index (κ1) is 24.8. The van der Waals surface area contributed by atoms with Gasteiger partial charge in [0.1, 0.15) is 6.04 Å². The van der Waals surface area contributed by atoms with Gasteiger partial charge in [-0.3, -0.25) is 9.59 Å². The number of carboxylic acids is 1. The first-order valence-electron chi connectivity index (χ1n) is 9.09. The number of nitrogens with zero attached hydrogens (tertiary/aromatic N) is 2. The van der Waals surface area contributed by atoms with Crippen molar-refractivity contribution in [3.8, 4) is 0 Å². The highest BCUT2D eigenvalue weighted by molar-refractivity contribution is 6.42. The van der Waals surface area contributed by atoms with Crippen molar-refractivity contribution >= 4 is 46.7 Å². The zero-order chi connectivity index (χ0) is 23.7. The molecule has 170 valence electrons. The Morgan fingerprint density at radius 3 is 2.35 bits per heavy atom. The Morgan fingerprint density at radius 1 is 1.26 bits per heavy atom. The van der Waals surface area contributed by atoms with E-state index < -0.39 is 60.3 Å². The molecule has 0 saturated carbocycles. The zero-order valence-electron chi connectivity index (χ0n) is 16.4. The Kier molecular flexibility index (Phi) is 7.48. The number of aliphatic hydroxyl groups excluding tert-OH is 1. The van der Waals surface area contributed by atoms with Gasteiger partial charge >= 0.3 is 12.1 Å². The molecular formula is C19H19Cl2F3N2O5. The third-order valence-corrected chi connectivity index (χ3v) is 5.59. The SMILES string of the molecule is CCC(C)N(C(=O)C1=C(O)C(=O)N(C(CC(F)(F)F)C(=O)O)C1)c1ccc(Cl)c(Cl)c1. The molecule has 1 aliphatic rings. The summed E-state index contributed by atoms with van der Waals surface area (Å²) in [4.78, 5) is 38.4. The molecule has 0 fully saturated rings. The van der Waals surface area contributed by atoms with Crippen molar-refractivity contribution in [1.82, 2.24) is 4.90 Å². The van der Waals surface area contributed by atoms with Crippen LogP contribution < -0.4 is 4.90 Å². The van der Waals surface area contributed by atoms with Crippen molar-refractivity contribution in [1.29, 1.82) is 0 Å². The molecule has 1 heterocycles. The van der Waals surface area contributed by atoms with E-state index in [0.29, 0.717) is 11.3 Å². The van der Waals surface area contributed by atoms with Gasteiger partial charge in [-0.25, -0.2) is 4.79 Å². The lowest BCUT2D eigenvalue weighted by Gasteiger charge is -2.30. The second-order valence-electron chi connectivity index (χ2n) is 6.96. The Balaban J connectivity index is 2.42. The van der Waals surface area contributed by atoms with E-state index in [0.717, 1.165) is 0 Å². The molecule has 2 unspecified atom stereocenters. The van der Waals surface area contributed by atoms with Crippen molar-refractivity contribution in [2.45, 2.75) is 44.9 Å². The normalized spacial score (nSPS) is 16.5. The lowest BCUT2D eigenvalue weighted by atomic mass is 10.1. The number of aliphatic hydroxyl groups is 1. The van der Waals surface area contributed by atoms with Crippen LogP contribution in [0.2, 0.25) is 10.0 Å². The lowest BCUT2D eigenvalue weighted by molar-refractivity contribution is -0.169. The van der Waals surface area contributed by atoms with Gasteiger partial charge in [-0.05, 0) is 31.5 Å².